The van der Waals surface area contributed by atoms with E-state index in [1.165, 1.54) is 25.3 Å². The Kier molecular flexibility index (Phi) is 4.33. The van der Waals surface area contributed by atoms with Crippen LogP contribution in [0.15, 0.2) is 29.6 Å². The number of nitro groups is 2. The first-order valence-corrected chi connectivity index (χ1v) is 6.67. The molecule has 0 bridgehead atoms. The lowest BCUT2D eigenvalue weighted by molar-refractivity contribution is -0.385. The standard InChI is InChI=1S/C12H11N3O5S/c1-20-11-3-2-9(5-10(11)14(16)17)13-6-8-4-12(15(18)19)21-7-8/h2-5,7,13H,6H2,1H3. The number of anilines is 1. The zero-order valence-corrected chi connectivity index (χ0v) is 11.8. The van der Waals surface area contributed by atoms with Gasteiger partial charge < -0.3 is 10.1 Å². The van der Waals surface area contributed by atoms with Crippen LogP contribution in [-0.4, -0.2) is 17.0 Å². The van der Waals surface area contributed by atoms with E-state index in [9.17, 15) is 20.2 Å². The Morgan fingerprint density at radius 2 is 2.00 bits per heavy atom. The molecule has 2 aromatic rings. The number of nitrogens with zero attached hydrogens (tertiary/aromatic N) is 2. The van der Waals surface area contributed by atoms with Crippen LogP contribution in [0.25, 0.3) is 0 Å². The van der Waals surface area contributed by atoms with Crippen LogP contribution in [0.2, 0.25) is 0 Å². The van der Waals surface area contributed by atoms with Gasteiger partial charge in [-0.05, 0) is 17.7 Å². The average molecular weight is 309 g/mol. The molecule has 1 aromatic heterocycles. The SMILES string of the molecule is COc1ccc(NCc2csc([N+](=O)[O-])c2)cc1[N+](=O)[O-]. The number of rotatable bonds is 6. The average Bonchev–Trinajstić information content (AvgIpc) is 2.94. The lowest BCUT2D eigenvalue weighted by Gasteiger charge is -2.07. The molecule has 0 amide bonds. The Balaban J connectivity index is 2.10. The van der Waals surface area contributed by atoms with Gasteiger partial charge in [-0.3, -0.25) is 20.2 Å². The van der Waals surface area contributed by atoms with Crippen LogP contribution in [0.1, 0.15) is 5.56 Å². The summed E-state index contributed by atoms with van der Waals surface area (Å²) in [6.07, 6.45) is 0. The molecule has 21 heavy (non-hydrogen) atoms. The van der Waals surface area contributed by atoms with Gasteiger partial charge in [-0.25, -0.2) is 0 Å². The van der Waals surface area contributed by atoms with E-state index in [0.29, 0.717) is 12.2 Å². The van der Waals surface area contributed by atoms with E-state index >= 15 is 0 Å². The Labute approximate surface area is 123 Å². The fraction of sp³-hybridized carbons (Fsp3) is 0.167. The Morgan fingerprint density at radius 3 is 2.57 bits per heavy atom. The van der Waals surface area contributed by atoms with Gasteiger partial charge in [0.2, 0.25) is 0 Å². The van der Waals surface area contributed by atoms with Gasteiger partial charge >= 0.3 is 10.7 Å². The highest BCUT2D eigenvalue weighted by Crippen LogP contribution is 2.30. The molecule has 0 unspecified atom stereocenters. The summed E-state index contributed by atoms with van der Waals surface area (Å²) in [5.74, 6) is 0.178. The van der Waals surface area contributed by atoms with Crippen molar-refractivity contribution in [3.63, 3.8) is 0 Å². The first-order valence-electron chi connectivity index (χ1n) is 5.79. The van der Waals surface area contributed by atoms with Crippen LogP contribution >= 0.6 is 11.3 Å². The van der Waals surface area contributed by atoms with E-state index in [2.05, 4.69) is 5.32 Å². The topological polar surface area (TPSA) is 108 Å². The van der Waals surface area contributed by atoms with Crippen molar-refractivity contribution < 1.29 is 14.6 Å². The predicted molar refractivity (Wildman–Crippen MR) is 77.9 cm³/mol. The number of benzene rings is 1. The quantitative estimate of drug-likeness (QED) is 0.648. The first-order chi connectivity index (χ1) is 10.0. The fourth-order valence-corrected chi connectivity index (χ4v) is 2.43. The third-order valence-electron chi connectivity index (χ3n) is 2.69. The zero-order valence-electron chi connectivity index (χ0n) is 10.9. The van der Waals surface area contributed by atoms with Crippen LogP contribution in [0, 0.1) is 20.2 Å². The van der Waals surface area contributed by atoms with Gasteiger partial charge in [-0.15, -0.1) is 0 Å². The van der Waals surface area contributed by atoms with Crippen molar-refractivity contribution in [3.05, 3.63) is 55.4 Å². The van der Waals surface area contributed by atoms with Crippen LogP contribution in [0.3, 0.4) is 0 Å². The molecule has 0 aliphatic rings. The Morgan fingerprint density at radius 1 is 1.24 bits per heavy atom. The molecule has 0 spiro atoms. The summed E-state index contributed by atoms with van der Waals surface area (Å²) in [6, 6.07) is 5.97. The molecule has 9 heteroatoms. The number of hydrogen-bond donors (Lipinski definition) is 1. The van der Waals surface area contributed by atoms with Crippen molar-refractivity contribution >= 4 is 27.7 Å². The van der Waals surface area contributed by atoms with Crippen molar-refractivity contribution in [3.8, 4) is 5.75 Å². The van der Waals surface area contributed by atoms with Gasteiger partial charge in [0, 0.05) is 29.7 Å². The molecule has 110 valence electrons. The summed E-state index contributed by atoms with van der Waals surface area (Å²) >= 11 is 1.04. The highest BCUT2D eigenvalue weighted by atomic mass is 32.1. The van der Waals surface area contributed by atoms with Crippen LogP contribution in [-0.2, 0) is 6.54 Å². The fourth-order valence-electron chi connectivity index (χ4n) is 1.70. The summed E-state index contributed by atoms with van der Waals surface area (Å²) in [5.41, 5.74) is 1.14. The van der Waals surface area contributed by atoms with E-state index in [-0.39, 0.29) is 16.4 Å². The summed E-state index contributed by atoms with van der Waals surface area (Å²) in [7, 11) is 1.36. The van der Waals surface area contributed by atoms with E-state index in [4.69, 9.17) is 4.74 Å². The smallest absolute Gasteiger partial charge is 0.324 e. The first kappa shape index (κ1) is 14.7. The third kappa shape index (κ3) is 3.45. The second kappa shape index (κ2) is 6.18. The summed E-state index contributed by atoms with van der Waals surface area (Å²) < 4.78 is 4.91. The molecule has 2 rings (SSSR count). The molecule has 1 heterocycles. The van der Waals surface area contributed by atoms with Crippen molar-refractivity contribution in [2.45, 2.75) is 6.54 Å². The van der Waals surface area contributed by atoms with Gasteiger partial charge in [0.1, 0.15) is 0 Å². The van der Waals surface area contributed by atoms with Gasteiger partial charge in [0.25, 0.3) is 0 Å². The van der Waals surface area contributed by atoms with Crippen molar-refractivity contribution in [1.82, 2.24) is 0 Å². The number of nitrogens with one attached hydrogen (secondary N) is 1. The van der Waals surface area contributed by atoms with Crippen LogP contribution in [0.4, 0.5) is 16.4 Å². The third-order valence-corrected chi connectivity index (χ3v) is 3.62. The number of nitro benzene ring substituents is 1. The van der Waals surface area contributed by atoms with Gasteiger partial charge in [-0.2, -0.15) is 0 Å². The molecule has 0 aliphatic heterocycles. The maximum Gasteiger partial charge on any atom is 0.324 e. The van der Waals surface area contributed by atoms with E-state index in [1.54, 1.807) is 11.4 Å². The summed E-state index contributed by atoms with van der Waals surface area (Å²) in [5, 5.41) is 26.2. The molecule has 8 nitrogen and oxygen atoms in total. The minimum absolute atomic E-state index is 0.0625. The molecule has 0 aliphatic carbocycles. The lowest BCUT2D eigenvalue weighted by Crippen LogP contribution is -2.00. The number of ether oxygens (including phenoxy) is 1. The van der Waals surface area contributed by atoms with Gasteiger partial charge in [-0.1, -0.05) is 11.3 Å². The molecule has 1 aromatic carbocycles. The Hall–Kier alpha value is -2.68. The minimum Gasteiger partial charge on any atom is -0.490 e. The molecule has 0 fully saturated rings. The molecular weight excluding hydrogens is 298 g/mol. The maximum absolute atomic E-state index is 10.9. The normalized spacial score (nSPS) is 10.1. The number of thiophene rings is 1. The van der Waals surface area contributed by atoms with Crippen molar-refractivity contribution in [2.75, 3.05) is 12.4 Å². The predicted octanol–water partition coefficient (Wildman–Crippen LogP) is 3.19. The largest absolute Gasteiger partial charge is 0.490 e. The monoisotopic (exact) mass is 309 g/mol. The Bertz CT molecular complexity index is 685. The second-order valence-corrected chi connectivity index (χ2v) is 4.94. The minimum atomic E-state index is -0.528. The number of methoxy groups -OCH3 is 1. The lowest BCUT2D eigenvalue weighted by atomic mass is 10.2. The molecule has 1 N–H and O–H groups in total. The maximum atomic E-state index is 10.9. The summed E-state index contributed by atoms with van der Waals surface area (Å²) in [4.78, 5) is 20.5. The summed E-state index contributed by atoms with van der Waals surface area (Å²) in [6.45, 7) is 0.341. The van der Waals surface area contributed by atoms with E-state index in [0.717, 1.165) is 16.9 Å². The number of hydrogen-bond acceptors (Lipinski definition) is 7. The van der Waals surface area contributed by atoms with Gasteiger partial charge in [0.05, 0.1) is 17.0 Å². The second-order valence-electron chi connectivity index (χ2n) is 4.05. The molecule has 0 saturated heterocycles. The van der Waals surface area contributed by atoms with Crippen LogP contribution in [0.5, 0.6) is 5.75 Å². The molecular formula is C12H11N3O5S. The van der Waals surface area contributed by atoms with E-state index in [1.807, 2.05) is 0 Å². The molecule has 0 saturated carbocycles. The van der Waals surface area contributed by atoms with Crippen LogP contribution < -0.4 is 10.1 Å². The molecule has 0 radical (unpaired) electrons. The highest BCUT2D eigenvalue weighted by molar-refractivity contribution is 7.13. The molecule has 0 atom stereocenters. The van der Waals surface area contributed by atoms with E-state index < -0.39 is 9.85 Å². The van der Waals surface area contributed by atoms with Crippen molar-refractivity contribution in [2.24, 2.45) is 0 Å². The highest BCUT2D eigenvalue weighted by Gasteiger charge is 2.15. The zero-order chi connectivity index (χ0) is 15.4. The van der Waals surface area contributed by atoms with Gasteiger partial charge in [0.15, 0.2) is 5.75 Å². The van der Waals surface area contributed by atoms with Crippen molar-refractivity contribution in [1.29, 1.82) is 0 Å².